The van der Waals surface area contributed by atoms with E-state index in [0.29, 0.717) is 12.8 Å². The van der Waals surface area contributed by atoms with Gasteiger partial charge in [0.2, 0.25) is 0 Å². The predicted octanol–water partition coefficient (Wildman–Crippen LogP) is 11.7. The molecule has 0 aliphatic heterocycles. The molecule has 0 rings (SSSR count). The lowest BCUT2D eigenvalue weighted by Gasteiger charge is -2.19. The quantitative estimate of drug-likeness (QED) is 0.0356. The molecule has 0 heterocycles. The highest BCUT2D eigenvalue weighted by atomic mass is 16.6. The van der Waals surface area contributed by atoms with Crippen LogP contribution < -0.4 is 0 Å². The maximum Gasteiger partial charge on any atom is 0.306 e. The van der Waals surface area contributed by atoms with Gasteiger partial charge in [-0.15, -0.1) is 0 Å². The number of esters is 4. The Balaban J connectivity index is 4.70. The van der Waals surface area contributed by atoms with Crippen molar-refractivity contribution in [1.82, 2.24) is 0 Å². The van der Waals surface area contributed by atoms with Crippen molar-refractivity contribution in [2.45, 2.75) is 232 Å². The number of carbonyl (C=O) groups is 4. The normalized spacial score (nSPS) is 12.3. The van der Waals surface area contributed by atoms with Crippen LogP contribution in [0.5, 0.6) is 0 Å². The average Bonchev–Trinajstić information content (AvgIpc) is 3.11. The summed E-state index contributed by atoms with van der Waals surface area (Å²) in [6, 6.07) is 0. The zero-order chi connectivity index (χ0) is 36.9. The van der Waals surface area contributed by atoms with Gasteiger partial charge >= 0.3 is 23.9 Å². The summed E-state index contributed by atoms with van der Waals surface area (Å²) in [5, 5.41) is 0. The maximum atomic E-state index is 12.9. The predicted molar refractivity (Wildman–Crippen MR) is 203 cm³/mol. The summed E-state index contributed by atoms with van der Waals surface area (Å²) in [5.41, 5.74) is 0. The molecule has 0 saturated heterocycles. The minimum Gasteiger partial charge on any atom is -0.469 e. The number of rotatable bonds is 37. The second kappa shape index (κ2) is 36.7. The first-order valence-electron chi connectivity index (χ1n) is 20.9. The minimum atomic E-state index is -0.298. The van der Waals surface area contributed by atoms with E-state index in [4.69, 9.17) is 18.9 Å². The van der Waals surface area contributed by atoms with E-state index in [-0.39, 0.29) is 48.9 Å². The van der Waals surface area contributed by atoms with Gasteiger partial charge in [-0.2, -0.15) is 0 Å². The molecule has 2 unspecified atom stereocenters. The lowest BCUT2D eigenvalue weighted by molar-refractivity contribution is -0.156. The first kappa shape index (κ1) is 47.9. The van der Waals surface area contributed by atoms with Gasteiger partial charge in [0.05, 0.1) is 27.1 Å². The van der Waals surface area contributed by atoms with Gasteiger partial charge in [-0.25, -0.2) is 0 Å². The maximum absolute atomic E-state index is 12.9. The van der Waals surface area contributed by atoms with E-state index in [1.165, 1.54) is 72.0 Å². The van der Waals surface area contributed by atoms with Crippen LogP contribution in [0.15, 0.2) is 0 Å². The Labute approximate surface area is 307 Å². The third-order valence-corrected chi connectivity index (χ3v) is 9.66. The highest BCUT2D eigenvalue weighted by Crippen LogP contribution is 2.20. The zero-order valence-electron chi connectivity index (χ0n) is 33.0. The van der Waals surface area contributed by atoms with Crippen LogP contribution >= 0.6 is 0 Å². The molecule has 294 valence electrons. The Bertz CT molecular complexity index is 814. The van der Waals surface area contributed by atoms with Gasteiger partial charge < -0.3 is 18.9 Å². The molecule has 8 heteroatoms. The van der Waals surface area contributed by atoms with Crippen molar-refractivity contribution in [2.75, 3.05) is 14.2 Å². The van der Waals surface area contributed by atoms with Crippen molar-refractivity contribution in [2.24, 2.45) is 0 Å². The number of ether oxygens (including phenoxy) is 4. The summed E-state index contributed by atoms with van der Waals surface area (Å²) >= 11 is 0. The van der Waals surface area contributed by atoms with Crippen molar-refractivity contribution >= 4 is 23.9 Å². The molecule has 0 aliphatic carbocycles. The summed E-state index contributed by atoms with van der Waals surface area (Å²) in [6.07, 6.45) is 31.2. The van der Waals surface area contributed by atoms with E-state index in [1.54, 1.807) is 0 Å². The van der Waals surface area contributed by atoms with Crippen molar-refractivity contribution in [3.8, 4) is 0 Å². The Morgan fingerprint density at radius 2 is 0.600 bits per heavy atom. The molecule has 0 radical (unpaired) electrons. The van der Waals surface area contributed by atoms with E-state index >= 15 is 0 Å². The Kier molecular flexibility index (Phi) is 35.1. The van der Waals surface area contributed by atoms with Crippen LogP contribution in [0.4, 0.5) is 0 Å². The smallest absolute Gasteiger partial charge is 0.306 e. The standard InChI is InChI=1S/C42H78O8/c1-5-7-9-11-13-18-24-30-38(32-26-20-16-22-28-34-40(44)48-4)50-42(46)36-35-41(45)49-37(29-23-17-12-10-8-6-2)31-25-19-14-15-21-27-33-39(43)47-3/h37-38H,5-36H2,1-4H3. The molecule has 0 spiro atoms. The minimum absolute atomic E-state index is 0.0647. The van der Waals surface area contributed by atoms with E-state index in [2.05, 4.69) is 13.8 Å². The molecule has 50 heavy (non-hydrogen) atoms. The van der Waals surface area contributed by atoms with Gasteiger partial charge in [-0.05, 0) is 64.2 Å². The van der Waals surface area contributed by atoms with E-state index < -0.39 is 0 Å². The van der Waals surface area contributed by atoms with Gasteiger partial charge in [0, 0.05) is 12.8 Å². The summed E-state index contributed by atoms with van der Waals surface area (Å²) in [6.45, 7) is 4.45. The Morgan fingerprint density at radius 1 is 0.340 bits per heavy atom. The van der Waals surface area contributed by atoms with Gasteiger partial charge in [-0.3, -0.25) is 19.2 Å². The van der Waals surface area contributed by atoms with Gasteiger partial charge in [0.1, 0.15) is 12.2 Å². The number of unbranched alkanes of at least 4 members (excludes halogenated alkanes) is 20. The Hall–Kier alpha value is -2.12. The van der Waals surface area contributed by atoms with E-state index in [1.807, 2.05) is 0 Å². The number of carbonyl (C=O) groups excluding carboxylic acids is 4. The van der Waals surface area contributed by atoms with Crippen LogP contribution in [0, 0.1) is 0 Å². The lowest BCUT2D eigenvalue weighted by Crippen LogP contribution is -2.21. The van der Waals surface area contributed by atoms with Crippen LogP contribution in [-0.2, 0) is 38.1 Å². The van der Waals surface area contributed by atoms with Crippen molar-refractivity contribution in [3.63, 3.8) is 0 Å². The first-order chi connectivity index (χ1) is 24.4. The second-order valence-electron chi connectivity index (χ2n) is 14.3. The monoisotopic (exact) mass is 711 g/mol. The summed E-state index contributed by atoms with van der Waals surface area (Å²) in [4.78, 5) is 48.4. The van der Waals surface area contributed by atoms with Crippen LogP contribution in [-0.4, -0.2) is 50.3 Å². The summed E-state index contributed by atoms with van der Waals surface area (Å²) in [7, 11) is 2.86. The van der Waals surface area contributed by atoms with Gasteiger partial charge in [0.25, 0.3) is 0 Å². The molecule has 8 nitrogen and oxygen atoms in total. The fourth-order valence-corrected chi connectivity index (χ4v) is 6.42. The third kappa shape index (κ3) is 33.0. The van der Waals surface area contributed by atoms with E-state index in [9.17, 15) is 19.2 Å². The topological polar surface area (TPSA) is 105 Å². The van der Waals surface area contributed by atoms with Crippen molar-refractivity contribution in [3.05, 3.63) is 0 Å². The average molecular weight is 711 g/mol. The molecule has 2 atom stereocenters. The summed E-state index contributed by atoms with van der Waals surface area (Å²) < 4.78 is 21.3. The van der Waals surface area contributed by atoms with Gasteiger partial charge in [0.15, 0.2) is 0 Å². The molecule has 0 aromatic carbocycles. The van der Waals surface area contributed by atoms with Crippen LogP contribution in [0.2, 0.25) is 0 Å². The molecule has 0 aromatic rings. The second-order valence-corrected chi connectivity index (χ2v) is 14.3. The van der Waals surface area contributed by atoms with Gasteiger partial charge in [-0.1, -0.05) is 129 Å². The van der Waals surface area contributed by atoms with E-state index in [0.717, 1.165) is 122 Å². The molecule has 0 bridgehead atoms. The highest BCUT2D eigenvalue weighted by molar-refractivity contribution is 5.77. The van der Waals surface area contributed by atoms with Crippen LogP contribution in [0.3, 0.4) is 0 Å². The number of methoxy groups -OCH3 is 2. The third-order valence-electron chi connectivity index (χ3n) is 9.66. The molecule has 0 saturated carbocycles. The summed E-state index contributed by atoms with van der Waals surface area (Å²) in [5.74, 6) is -0.887. The highest BCUT2D eigenvalue weighted by Gasteiger charge is 2.19. The molecule has 0 fully saturated rings. The van der Waals surface area contributed by atoms with Crippen LogP contribution in [0.1, 0.15) is 219 Å². The lowest BCUT2D eigenvalue weighted by atomic mass is 10.0. The molecular formula is C42H78O8. The fraction of sp³-hybridized carbons (Fsp3) is 0.905. The van der Waals surface area contributed by atoms with Crippen molar-refractivity contribution < 1.29 is 38.1 Å². The SMILES string of the molecule is CCCCCCCCCC(CCCCCCCC(=O)OC)OC(=O)CCC(=O)OC(CCCCCCCC)CCCCCCCCC(=O)OC. The molecule has 0 aliphatic rings. The molecule has 0 amide bonds. The molecule has 0 aromatic heterocycles. The number of hydrogen-bond acceptors (Lipinski definition) is 8. The first-order valence-corrected chi connectivity index (χ1v) is 20.9. The molecular weight excluding hydrogens is 632 g/mol. The van der Waals surface area contributed by atoms with Crippen LogP contribution in [0.25, 0.3) is 0 Å². The Morgan fingerprint density at radius 3 is 0.880 bits per heavy atom. The van der Waals surface area contributed by atoms with Crippen molar-refractivity contribution in [1.29, 1.82) is 0 Å². The number of hydrogen-bond donors (Lipinski definition) is 0. The zero-order valence-corrected chi connectivity index (χ0v) is 33.0. The fourth-order valence-electron chi connectivity index (χ4n) is 6.42. The molecule has 0 N–H and O–H groups in total. The largest absolute Gasteiger partial charge is 0.469 e.